The van der Waals surface area contributed by atoms with Gasteiger partial charge >= 0.3 is 0 Å². The molecule has 7 heteroatoms. The largest absolute Gasteiger partial charge is 0.493 e. The molecule has 7 nitrogen and oxygen atoms in total. The van der Waals surface area contributed by atoms with Gasteiger partial charge in [0, 0.05) is 18.0 Å². The number of carbonyl (C=O) groups excluding carboxylic acids is 1. The van der Waals surface area contributed by atoms with E-state index >= 15 is 0 Å². The van der Waals surface area contributed by atoms with E-state index in [1.807, 2.05) is 56.4 Å². The minimum atomic E-state index is -0.858. The van der Waals surface area contributed by atoms with Crippen molar-refractivity contribution in [1.82, 2.24) is 20.1 Å². The Morgan fingerprint density at radius 3 is 2.57 bits per heavy atom. The first-order chi connectivity index (χ1) is 13.5. The molecule has 2 aromatic heterocycles. The quantitative estimate of drug-likeness (QED) is 0.682. The number of nitrogens with one attached hydrogen (secondary N) is 1. The maximum atomic E-state index is 12.7. The van der Waals surface area contributed by atoms with Gasteiger partial charge in [-0.05, 0) is 43.7 Å². The van der Waals surface area contributed by atoms with Gasteiger partial charge < -0.3 is 14.8 Å². The minimum Gasteiger partial charge on any atom is -0.493 e. The SMILES string of the molecule is COc1ccc(-c2cnn(C(C)(C)C(=O)NCc3ccccn3)c2)cc1OC. The number of hydrogen-bond donors (Lipinski definition) is 1. The van der Waals surface area contributed by atoms with Crippen molar-refractivity contribution < 1.29 is 14.3 Å². The van der Waals surface area contributed by atoms with Crippen LogP contribution < -0.4 is 14.8 Å². The first-order valence-electron chi connectivity index (χ1n) is 8.91. The molecule has 0 aliphatic carbocycles. The summed E-state index contributed by atoms with van der Waals surface area (Å²) in [5.74, 6) is 1.16. The molecule has 0 aliphatic rings. The fourth-order valence-electron chi connectivity index (χ4n) is 2.79. The predicted octanol–water partition coefficient (Wildman–Crippen LogP) is 3.01. The van der Waals surface area contributed by atoms with Crippen molar-refractivity contribution in [2.45, 2.75) is 25.9 Å². The van der Waals surface area contributed by atoms with E-state index in [9.17, 15) is 4.79 Å². The van der Waals surface area contributed by atoms with Gasteiger partial charge in [0.2, 0.25) is 5.91 Å². The molecule has 3 aromatic rings. The molecule has 0 fully saturated rings. The van der Waals surface area contributed by atoms with E-state index in [4.69, 9.17) is 9.47 Å². The van der Waals surface area contributed by atoms with E-state index in [-0.39, 0.29) is 5.91 Å². The summed E-state index contributed by atoms with van der Waals surface area (Å²) in [6, 6.07) is 11.3. The summed E-state index contributed by atoms with van der Waals surface area (Å²) < 4.78 is 12.3. The van der Waals surface area contributed by atoms with Crippen molar-refractivity contribution >= 4 is 5.91 Å². The number of benzene rings is 1. The van der Waals surface area contributed by atoms with Crippen molar-refractivity contribution in [3.63, 3.8) is 0 Å². The van der Waals surface area contributed by atoms with E-state index < -0.39 is 5.54 Å². The minimum absolute atomic E-state index is 0.139. The topological polar surface area (TPSA) is 78.3 Å². The molecule has 1 N–H and O–H groups in total. The first kappa shape index (κ1) is 19.4. The Morgan fingerprint density at radius 2 is 1.89 bits per heavy atom. The van der Waals surface area contributed by atoms with Gasteiger partial charge in [-0.15, -0.1) is 0 Å². The normalized spacial score (nSPS) is 11.1. The number of amides is 1. The zero-order valence-electron chi connectivity index (χ0n) is 16.5. The summed E-state index contributed by atoms with van der Waals surface area (Å²) in [4.78, 5) is 17.0. The molecule has 1 aromatic carbocycles. The van der Waals surface area contributed by atoms with Gasteiger partial charge in [0.1, 0.15) is 5.54 Å². The predicted molar refractivity (Wildman–Crippen MR) is 106 cm³/mol. The Morgan fingerprint density at radius 1 is 1.11 bits per heavy atom. The lowest BCUT2D eigenvalue weighted by atomic mass is 10.0. The standard InChI is InChI=1S/C21H24N4O3/c1-21(2,20(26)23-13-17-7-5-6-10-22-17)25-14-16(12-24-25)15-8-9-18(27-3)19(11-15)28-4/h5-12,14H,13H2,1-4H3,(H,23,26). The van der Waals surface area contributed by atoms with Crippen LogP contribution in [0.5, 0.6) is 11.5 Å². The van der Waals surface area contributed by atoms with Gasteiger partial charge in [-0.25, -0.2) is 0 Å². The van der Waals surface area contributed by atoms with Crippen LogP contribution in [0.15, 0.2) is 55.0 Å². The van der Waals surface area contributed by atoms with Crippen LogP contribution in [0, 0.1) is 0 Å². The zero-order valence-corrected chi connectivity index (χ0v) is 16.5. The Hall–Kier alpha value is -3.35. The molecule has 0 bridgehead atoms. The van der Waals surface area contributed by atoms with Crippen molar-refractivity contribution in [3.05, 3.63) is 60.7 Å². The molecule has 0 spiro atoms. The van der Waals surface area contributed by atoms with Crippen LogP contribution in [0.2, 0.25) is 0 Å². The van der Waals surface area contributed by atoms with Crippen molar-refractivity contribution in [1.29, 1.82) is 0 Å². The molecular formula is C21H24N4O3. The van der Waals surface area contributed by atoms with Crippen LogP contribution in [0.1, 0.15) is 19.5 Å². The summed E-state index contributed by atoms with van der Waals surface area (Å²) in [6.07, 6.45) is 5.28. The monoisotopic (exact) mass is 380 g/mol. The van der Waals surface area contributed by atoms with E-state index in [0.717, 1.165) is 16.8 Å². The molecule has 146 valence electrons. The highest BCUT2D eigenvalue weighted by Gasteiger charge is 2.30. The molecule has 28 heavy (non-hydrogen) atoms. The molecule has 2 heterocycles. The molecule has 0 aliphatic heterocycles. The van der Waals surface area contributed by atoms with Crippen LogP contribution >= 0.6 is 0 Å². The zero-order chi connectivity index (χ0) is 20.1. The summed E-state index contributed by atoms with van der Waals surface area (Å²) >= 11 is 0. The number of hydrogen-bond acceptors (Lipinski definition) is 5. The van der Waals surface area contributed by atoms with Crippen LogP contribution in [0.4, 0.5) is 0 Å². The van der Waals surface area contributed by atoms with Crippen LogP contribution in [-0.4, -0.2) is 34.9 Å². The van der Waals surface area contributed by atoms with E-state index in [1.54, 1.807) is 31.3 Å². The second-order valence-corrected chi connectivity index (χ2v) is 6.81. The number of pyridine rings is 1. The average Bonchev–Trinajstić information content (AvgIpc) is 3.23. The van der Waals surface area contributed by atoms with Crippen molar-refractivity contribution in [2.24, 2.45) is 0 Å². The highest BCUT2D eigenvalue weighted by molar-refractivity contribution is 5.83. The highest BCUT2D eigenvalue weighted by atomic mass is 16.5. The number of methoxy groups -OCH3 is 2. The van der Waals surface area contributed by atoms with Crippen molar-refractivity contribution in [3.8, 4) is 22.6 Å². The lowest BCUT2D eigenvalue weighted by Gasteiger charge is -2.24. The Labute approximate surface area is 164 Å². The van der Waals surface area contributed by atoms with Gasteiger partial charge in [-0.3, -0.25) is 14.5 Å². The molecular weight excluding hydrogens is 356 g/mol. The lowest BCUT2D eigenvalue weighted by molar-refractivity contribution is -0.129. The maximum Gasteiger partial charge on any atom is 0.247 e. The summed E-state index contributed by atoms with van der Waals surface area (Å²) in [7, 11) is 3.20. The number of rotatable bonds is 7. The average molecular weight is 380 g/mol. The highest BCUT2D eigenvalue weighted by Crippen LogP contribution is 2.32. The Bertz CT molecular complexity index is 951. The molecule has 0 saturated heterocycles. The lowest BCUT2D eigenvalue weighted by Crippen LogP contribution is -2.44. The van der Waals surface area contributed by atoms with Gasteiger partial charge in [0.15, 0.2) is 11.5 Å². The van der Waals surface area contributed by atoms with E-state index in [0.29, 0.717) is 18.0 Å². The van der Waals surface area contributed by atoms with E-state index in [1.165, 1.54) is 0 Å². The Kier molecular flexibility index (Phi) is 5.63. The Balaban J connectivity index is 1.77. The third-order valence-corrected chi connectivity index (χ3v) is 4.58. The fourth-order valence-corrected chi connectivity index (χ4v) is 2.79. The number of aromatic nitrogens is 3. The van der Waals surface area contributed by atoms with Crippen LogP contribution in [0.3, 0.4) is 0 Å². The van der Waals surface area contributed by atoms with Crippen LogP contribution in [0.25, 0.3) is 11.1 Å². The van der Waals surface area contributed by atoms with E-state index in [2.05, 4.69) is 15.4 Å². The molecule has 0 saturated carbocycles. The summed E-state index contributed by atoms with van der Waals surface area (Å²) in [5, 5.41) is 7.33. The summed E-state index contributed by atoms with van der Waals surface area (Å²) in [5.41, 5.74) is 1.75. The molecule has 0 atom stereocenters. The number of ether oxygens (including phenoxy) is 2. The molecule has 0 unspecified atom stereocenters. The number of nitrogens with zero attached hydrogens (tertiary/aromatic N) is 3. The second-order valence-electron chi connectivity index (χ2n) is 6.81. The molecule has 3 rings (SSSR count). The first-order valence-corrected chi connectivity index (χ1v) is 8.91. The third kappa shape index (κ3) is 3.98. The van der Waals surface area contributed by atoms with Gasteiger partial charge in [-0.1, -0.05) is 12.1 Å². The maximum absolute atomic E-state index is 12.7. The second kappa shape index (κ2) is 8.12. The van der Waals surface area contributed by atoms with Gasteiger partial charge in [0.05, 0.1) is 32.7 Å². The van der Waals surface area contributed by atoms with Gasteiger partial charge in [-0.2, -0.15) is 5.10 Å². The smallest absolute Gasteiger partial charge is 0.247 e. The fraction of sp³-hybridized carbons (Fsp3) is 0.286. The molecule has 0 radical (unpaired) electrons. The number of carbonyl (C=O) groups is 1. The van der Waals surface area contributed by atoms with Crippen LogP contribution in [-0.2, 0) is 16.9 Å². The molecule has 1 amide bonds. The van der Waals surface area contributed by atoms with Gasteiger partial charge in [0.25, 0.3) is 0 Å². The van der Waals surface area contributed by atoms with Crippen molar-refractivity contribution in [2.75, 3.05) is 14.2 Å². The third-order valence-electron chi connectivity index (χ3n) is 4.58. The summed E-state index contributed by atoms with van der Waals surface area (Å²) in [6.45, 7) is 4.02.